The van der Waals surface area contributed by atoms with E-state index in [0.717, 1.165) is 23.2 Å². The molecule has 0 aliphatic heterocycles. The van der Waals surface area contributed by atoms with Gasteiger partial charge in [-0.2, -0.15) is 0 Å². The van der Waals surface area contributed by atoms with Crippen LogP contribution in [0.2, 0.25) is 0 Å². The van der Waals surface area contributed by atoms with Crippen molar-refractivity contribution in [1.82, 2.24) is 15.0 Å². The number of aryl methyl sites for hydroxylation is 1. The Morgan fingerprint density at radius 3 is 2.50 bits per heavy atom. The molecule has 2 aromatic heterocycles. The predicted molar refractivity (Wildman–Crippen MR) is 93.1 cm³/mol. The van der Waals surface area contributed by atoms with Crippen molar-refractivity contribution >= 4 is 5.82 Å². The van der Waals surface area contributed by atoms with Crippen LogP contribution in [0.1, 0.15) is 31.0 Å². The number of rotatable bonds is 5. The SMILES string of the molecule is CCc1cncc(-c2cnc(N[C@H](C)c3ccc(F)cc3)cn2)c1. The maximum atomic E-state index is 13.0. The number of hydrogen-bond donors (Lipinski definition) is 1. The van der Waals surface area contributed by atoms with E-state index in [4.69, 9.17) is 0 Å². The summed E-state index contributed by atoms with van der Waals surface area (Å²) in [6.07, 6.45) is 8.02. The van der Waals surface area contributed by atoms with Crippen LogP contribution >= 0.6 is 0 Å². The molecule has 1 atom stereocenters. The smallest absolute Gasteiger partial charge is 0.144 e. The summed E-state index contributed by atoms with van der Waals surface area (Å²) in [6, 6.07) is 8.51. The third kappa shape index (κ3) is 3.74. The molecule has 0 spiro atoms. The van der Waals surface area contributed by atoms with Crippen LogP contribution in [0.25, 0.3) is 11.3 Å². The highest BCUT2D eigenvalue weighted by Gasteiger charge is 2.07. The van der Waals surface area contributed by atoms with Gasteiger partial charge in [0.2, 0.25) is 0 Å². The summed E-state index contributed by atoms with van der Waals surface area (Å²) in [5.74, 6) is 0.438. The fourth-order valence-electron chi connectivity index (χ4n) is 2.43. The van der Waals surface area contributed by atoms with Gasteiger partial charge in [0.1, 0.15) is 11.6 Å². The summed E-state index contributed by atoms with van der Waals surface area (Å²) in [4.78, 5) is 13.1. The van der Waals surface area contributed by atoms with E-state index in [0.29, 0.717) is 5.82 Å². The fourth-order valence-corrected chi connectivity index (χ4v) is 2.43. The first kappa shape index (κ1) is 16.1. The zero-order chi connectivity index (χ0) is 16.9. The Morgan fingerprint density at radius 2 is 1.83 bits per heavy atom. The molecule has 0 aliphatic rings. The van der Waals surface area contributed by atoms with E-state index in [9.17, 15) is 4.39 Å². The van der Waals surface area contributed by atoms with Gasteiger partial charge in [-0.1, -0.05) is 19.1 Å². The highest BCUT2D eigenvalue weighted by molar-refractivity contribution is 5.58. The Bertz CT molecular complexity index is 800. The zero-order valence-corrected chi connectivity index (χ0v) is 13.7. The van der Waals surface area contributed by atoms with E-state index < -0.39 is 0 Å². The molecule has 2 heterocycles. The molecule has 0 bridgehead atoms. The zero-order valence-electron chi connectivity index (χ0n) is 13.7. The quantitative estimate of drug-likeness (QED) is 0.756. The lowest BCUT2D eigenvalue weighted by Crippen LogP contribution is -2.08. The Hall–Kier alpha value is -2.82. The third-order valence-corrected chi connectivity index (χ3v) is 3.89. The van der Waals surface area contributed by atoms with Crippen molar-refractivity contribution in [1.29, 1.82) is 0 Å². The van der Waals surface area contributed by atoms with Gasteiger partial charge >= 0.3 is 0 Å². The minimum absolute atomic E-state index is 0.0100. The van der Waals surface area contributed by atoms with Gasteiger partial charge in [-0.05, 0) is 42.7 Å². The minimum Gasteiger partial charge on any atom is -0.362 e. The van der Waals surface area contributed by atoms with Crippen LogP contribution in [0.5, 0.6) is 0 Å². The van der Waals surface area contributed by atoms with Gasteiger partial charge in [-0.25, -0.2) is 9.37 Å². The van der Waals surface area contributed by atoms with Gasteiger partial charge in [-0.15, -0.1) is 0 Å². The predicted octanol–water partition coefficient (Wildman–Crippen LogP) is 4.41. The van der Waals surface area contributed by atoms with Crippen LogP contribution < -0.4 is 5.32 Å². The lowest BCUT2D eigenvalue weighted by molar-refractivity contribution is 0.626. The topological polar surface area (TPSA) is 50.7 Å². The average Bonchev–Trinajstić information content (AvgIpc) is 2.63. The van der Waals surface area contributed by atoms with Crippen LogP contribution in [-0.2, 0) is 6.42 Å². The van der Waals surface area contributed by atoms with Crippen molar-refractivity contribution in [2.45, 2.75) is 26.3 Å². The van der Waals surface area contributed by atoms with Crippen molar-refractivity contribution in [3.63, 3.8) is 0 Å². The van der Waals surface area contributed by atoms with Crippen molar-refractivity contribution in [3.05, 3.63) is 72.1 Å². The van der Waals surface area contributed by atoms with Crippen molar-refractivity contribution in [2.24, 2.45) is 0 Å². The molecule has 122 valence electrons. The van der Waals surface area contributed by atoms with Gasteiger partial charge in [0.05, 0.1) is 18.1 Å². The Balaban J connectivity index is 1.73. The molecule has 4 nitrogen and oxygen atoms in total. The molecule has 0 saturated carbocycles. The highest BCUT2D eigenvalue weighted by atomic mass is 19.1. The second kappa shape index (κ2) is 7.17. The Labute approximate surface area is 140 Å². The van der Waals surface area contributed by atoms with Gasteiger partial charge in [0, 0.05) is 24.0 Å². The van der Waals surface area contributed by atoms with E-state index in [2.05, 4.69) is 33.3 Å². The van der Waals surface area contributed by atoms with E-state index >= 15 is 0 Å². The molecule has 3 aromatic rings. The Kier molecular flexibility index (Phi) is 4.79. The molecule has 0 unspecified atom stereocenters. The number of nitrogens with one attached hydrogen (secondary N) is 1. The second-order valence-corrected chi connectivity index (χ2v) is 5.64. The summed E-state index contributed by atoms with van der Waals surface area (Å²) >= 11 is 0. The van der Waals surface area contributed by atoms with E-state index in [1.807, 2.05) is 13.1 Å². The molecule has 5 heteroatoms. The molecule has 0 aliphatic carbocycles. The molecule has 24 heavy (non-hydrogen) atoms. The summed E-state index contributed by atoms with van der Waals surface area (Å²) in [5, 5.41) is 3.27. The van der Waals surface area contributed by atoms with E-state index in [-0.39, 0.29) is 11.9 Å². The number of halogens is 1. The third-order valence-electron chi connectivity index (χ3n) is 3.89. The molecule has 0 amide bonds. The van der Waals surface area contributed by atoms with Gasteiger partial charge in [0.25, 0.3) is 0 Å². The highest BCUT2D eigenvalue weighted by Crippen LogP contribution is 2.20. The van der Waals surface area contributed by atoms with Crippen LogP contribution in [-0.4, -0.2) is 15.0 Å². The normalized spacial score (nSPS) is 12.0. The maximum Gasteiger partial charge on any atom is 0.144 e. The van der Waals surface area contributed by atoms with Crippen molar-refractivity contribution in [2.75, 3.05) is 5.32 Å². The molecule has 3 rings (SSSR count). The molecule has 0 fully saturated rings. The first-order valence-corrected chi connectivity index (χ1v) is 7.94. The fraction of sp³-hybridized carbons (Fsp3) is 0.211. The number of pyridine rings is 1. The number of benzene rings is 1. The first-order chi connectivity index (χ1) is 11.7. The molecule has 0 radical (unpaired) electrons. The standard InChI is InChI=1S/C19H19FN4/c1-3-14-8-16(10-21-9-14)18-11-23-19(12-22-18)24-13(2)15-4-6-17(20)7-5-15/h4-13H,3H2,1-2H3,(H,23,24)/t13-/m1/s1. The maximum absolute atomic E-state index is 13.0. The summed E-state index contributed by atoms with van der Waals surface area (Å²) in [6.45, 7) is 4.09. The molecular weight excluding hydrogens is 303 g/mol. The molecular formula is C19H19FN4. The van der Waals surface area contributed by atoms with Crippen LogP contribution in [0.3, 0.4) is 0 Å². The van der Waals surface area contributed by atoms with E-state index in [1.54, 1.807) is 30.7 Å². The van der Waals surface area contributed by atoms with Crippen LogP contribution in [0.15, 0.2) is 55.1 Å². The first-order valence-electron chi connectivity index (χ1n) is 7.94. The van der Waals surface area contributed by atoms with Crippen molar-refractivity contribution < 1.29 is 4.39 Å². The van der Waals surface area contributed by atoms with Crippen molar-refractivity contribution in [3.8, 4) is 11.3 Å². The van der Waals surface area contributed by atoms with Gasteiger partial charge in [-0.3, -0.25) is 9.97 Å². The number of aromatic nitrogens is 3. The molecule has 1 N–H and O–H groups in total. The summed E-state index contributed by atoms with van der Waals surface area (Å²) in [5.41, 5.74) is 3.90. The van der Waals surface area contributed by atoms with Gasteiger partial charge in [0.15, 0.2) is 0 Å². The Morgan fingerprint density at radius 1 is 1.04 bits per heavy atom. The van der Waals surface area contributed by atoms with Gasteiger partial charge < -0.3 is 5.32 Å². The summed E-state index contributed by atoms with van der Waals surface area (Å²) < 4.78 is 13.0. The second-order valence-electron chi connectivity index (χ2n) is 5.64. The van der Waals surface area contributed by atoms with Crippen LogP contribution in [0.4, 0.5) is 10.2 Å². The summed E-state index contributed by atoms with van der Waals surface area (Å²) in [7, 11) is 0. The lowest BCUT2D eigenvalue weighted by atomic mass is 10.1. The number of nitrogens with zero attached hydrogens (tertiary/aromatic N) is 3. The number of anilines is 1. The average molecular weight is 322 g/mol. The molecule has 0 saturated heterocycles. The largest absolute Gasteiger partial charge is 0.362 e. The lowest BCUT2D eigenvalue weighted by Gasteiger charge is -2.14. The van der Waals surface area contributed by atoms with Crippen LogP contribution in [0, 0.1) is 5.82 Å². The number of hydrogen-bond acceptors (Lipinski definition) is 4. The monoisotopic (exact) mass is 322 g/mol. The molecule has 1 aromatic carbocycles. The van der Waals surface area contributed by atoms with E-state index in [1.165, 1.54) is 17.7 Å². The minimum atomic E-state index is -0.238.